The molecule has 1 fully saturated rings. The van der Waals surface area contributed by atoms with Crippen LogP contribution in [-0.4, -0.2) is 70.7 Å². The fraction of sp³-hybridized carbons (Fsp3) is 0.259. The van der Waals surface area contributed by atoms with E-state index in [4.69, 9.17) is 16.3 Å². The summed E-state index contributed by atoms with van der Waals surface area (Å²) in [6.07, 6.45) is 7.40. The van der Waals surface area contributed by atoms with Crippen LogP contribution < -0.4 is 20.3 Å². The number of anilines is 4. The molecule has 1 atom stereocenters. The first kappa shape index (κ1) is 25.5. The van der Waals surface area contributed by atoms with E-state index in [1.807, 2.05) is 36.5 Å². The van der Waals surface area contributed by atoms with Crippen molar-refractivity contribution in [3.05, 3.63) is 66.6 Å². The Labute approximate surface area is 225 Å². The van der Waals surface area contributed by atoms with Crippen molar-refractivity contribution in [2.24, 2.45) is 0 Å². The highest BCUT2D eigenvalue weighted by Crippen LogP contribution is 2.40. The molecule has 1 aliphatic rings. The van der Waals surface area contributed by atoms with Crippen LogP contribution in [0.25, 0.3) is 16.8 Å². The highest BCUT2D eigenvalue weighted by molar-refractivity contribution is 6.33. The number of methoxy groups -OCH3 is 1. The Morgan fingerprint density at radius 2 is 2.11 bits per heavy atom. The van der Waals surface area contributed by atoms with Crippen LogP contribution in [0.3, 0.4) is 0 Å². The fourth-order valence-electron chi connectivity index (χ4n) is 4.62. The first-order valence-corrected chi connectivity index (χ1v) is 12.5. The van der Waals surface area contributed by atoms with Gasteiger partial charge in [-0.2, -0.15) is 5.10 Å². The van der Waals surface area contributed by atoms with Gasteiger partial charge in [-0.1, -0.05) is 24.2 Å². The lowest BCUT2D eigenvalue weighted by Gasteiger charge is -2.25. The SMILES string of the molecule is C=CC(=O)Nc1cc(Nc2ncc(Cl)c(-c3cnn4ccccc34)n2)c(OC)cc1N1CC[C@@H](N(C)C)C1. The first-order chi connectivity index (χ1) is 18.4. The number of carbonyl (C=O) groups excluding carboxylic acids is 1. The van der Waals surface area contributed by atoms with Crippen molar-refractivity contribution in [2.75, 3.05) is 49.8 Å². The zero-order valence-electron chi connectivity index (χ0n) is 21.5. The maximum Gasteiger partial charge on any atom is 0.247 e. The van der Waals surface area contributed by atoms with E-state index in [0.29, 0.717) is 39.8 Å². The number of aromatic nitrogens is 4. The number of carbonyl (C=O) groups is 1. The van der Waals surface area contributed by atoms with E-state index in [9.17, 15) is 4.79 Å². The predicted octanol–water partition coefficient (Wildman–Crippen LogP) is 4.46. The second kappa shape index (κ2) is 10.7. The second-order valence-electron chi connectivity index (χ2n) is 9.22. The minimum absolute atomic E-state index is 0.302. The molecule has 0 spiro atoms. The topological polar surface area (TPSA) is 99.9 Å². The molecule has 1 amide bonds. The Bertz CT molecular complexity index is 1500. The van der Waals surface area contributed by atoms with Gasteiger partial charge in [0.1, 0.15) is 5.75 Å². The average Bonchev–Trinajstić information content (AvgIpc) is 3.58. The van der Waals surface area contributed by atoms with Gasteiger partial charge >= 0.3 is 0 Å². The van der Waals surface area contributed by atoms with Gasteiger partial charge < -0.3 is 25.2 Å². The lowest BCUT2D eigenvalue weighted by Crippen LogP contribution is -2.31. The van der Waals surface area contributed by atoms with E-state index >= 15 is 0 Å². The van der Waals surface area contributed by atoms with Crippen LogP contribution in [0, 0.1) is 0 Å². The molecule has 0 aliphatic carbocycles. The number of nitrogens with zero attached hydrogens (tertiary/aromatic N) is 6. The van der Waals surface area contributed by atoms with Crippen molar-refractivity contribution in [3.8, 4) is 17.0 Å². The van der Waals surface area contributed by atoms with Gasteiger partial charge in [0.05, 0.1) is 52.8 Å². The number of rotatable bonds is 8. The van der Waals surface area contributed by atoms with Gasteiger partial charge in [0.2, 0.25) is 11.9 Å². The van der Waals surface area contributed by atoms with Gasteiger partial charge in [-0.15, -0.1) is 0 Å². The van der Waals surface area contributed by atoms with Crippen LogP contribution >= 0.6 is 11.6 Å². The zero-order chi connectivity index (χ0) is 26.8. The summed E-state index contributed by atoms with van der Waals surface area (Å²) < 4.78 is 7.50. The lowest BCUT2D eigenvalue weighted by molar-refractivity contribution is -0.111. The van der Waals surface area contributed by atoms with Gasteiger partial charge in [0.15, 0.2) is 0 Å². The maximum atomic E-state index is 12.3. The smallest absolute Gasteiger partial charge is 0.247 e. The number of fused-ring (bicyclic) bond motifs is 1. The van der Waals surface area contributed by atoms with Gasteiger partial charge in [-0.05, 0) is 44.8 Å². The fourth-order valence-corrected chi connectivity index (χ4v) is 4.81. The summed E-state index contributed by atoms with van der Waals surface area (Å²) in [4.78, 5) is 25.8. The van der Waals surface area contributed by atoms with E-state index in [1.165, 1.54) is 6.08 Å². The average molecular weight is 533 g/mol. The van der Waals surface area contributed by atoms with Crippen molar-refractivity contribution in [1.29, 1.82) is 0 Å². The van der Waals surface area contributed by atoms with E-state index in [-0.39, 0.29) is 5.91 Å². The summed E-state index contributed by atoms with van der Waals surface area (Å²) in [5, 5.41) is 11.0. The molecule has 0 unspecified atom stereocenters. The van der Waals surface area contributed by atoms with Crippen molar-refractivity contribution in [2.45, 2.75) is 12.5 Å². The molecule has 4 heterocycles. The maximum absolute atomic E-state index is 12.3. The van der Waals surface area contributed by atoms with Crippen LogP contribution in [0.1, 0.15) is 6.42 Å². The number of amides is 1. The van der Waals surface area contributed by atoms with Crippen LogP contribution in [0.2, 0.25) is 5.02 Å². The molecule has 38 heavy (non-hydrogen) atoms. The molecular weight excluding hydrogens is 504 g/mol. The van der Waals surface area contributed by atoms with E-state index < -0.39 is 0 Å². The summed E-state index contributed by atoms with van der Waals surface area (Å²) >= 11 is 6.50. The van der Waals surface area contributed by atoms with Crippen molar-refractivity contribution in [3.63, 3.8) is 0 Å². The van der Waals surface area contributed by atoms with Crippen molar-refractivity contribution in [1.82, 2.24) is 24.5 Å². The molecule has 1 aliphatic heterocycles. The molecule has 1 saturated heterocycles. The third-order valence-electron chi connectivity index (χ3n) is 6.67. The number of halogens is 1. The van der Waals surface area contributed by atoms with Crippen LogP contribution in [0.5, 0.6) is 5.75 Å². The molecule has 0 radical (unpaired) electrons. The predicted molar refractivity (Wildman–Crippen MR) is 151 cm³/mol. The Morgan fingerprint density at radius 3 is 2.84 bits per heavy atom. The number of likely N-dealkylation sites (N-methyl/N-ethyl adjacent to an activating group) is 1. The highest BCUT2D eigenvalue weighted by Gasteiger charge is 2.27. The molecule has 0 bridgehead atoms. The van der Waals surface area contributed by atoms with Crippen molar-refractivity contribution < 1.29 is 9.53 Å². The molecule has 4 aromatic rings. The monoisotopic (exact) mass is 532 g/mol. The summed E-state index contributed by atoms with van der Waals surface area (Å²) in [6.45, 7) is 5.29. The minimum Gasteiger partial charge on any atom is -0.494 e. The molecule has 11 heteroatoms. The molecule has 196 valence electrons. The second-order valence-corrected chi connectivity index (χ2v) is 9.63. The van der Waals surface area contributed by atoms with Crippen molar-refractivity contribution >= 4 is 46.0 Å². The third-order valence-corrected chi connectivity index (χ3v) is 6.94. The number of hydrogen-bond donors (Lipinski definition) is 2. The number of ether oxygens (including phenoxy) is 1. The first-order valence-electron chi connectivity index (χ1n) is 12.2. The number of nitrogens with one attached hydrogen (secondary N) is 2. The van der Waals surface area contributed by atoms with Crippen LogP contribution in [-0.2, 0) is 4.79 Å². The molecular formula is C27H29ClN8O2. The normalized spacial score (nSPS) is 15.2. The molecule has 5 rings (SSSR count). The zero-order valence-corrected chi connectivity index (χ0v) is 22.2. The Kier molecular flexibility index (Phi) is 7.17. The van der Waals surface area contributed by atoms with E-state index in [2.05, 4.69) is 56.2 Å². The van der Waals surface area contributed by atoms with Crippen LogP contribution in [0.4, 0.5) is 23.0 Å². The highest BCUT2D eigenvalue weighted by atomic mass is 35.5. The lowest BCUT2D eigenvalue weighted by atomic mass is 10.2. The van der Waals surface area contributed by atoms with E-state index in [0.717, 1.165) is 36.3 Å². The van der Waals surface area contributed by atoms with Crippen LogP contribution in [0.15, 0.2) is 61.6 Å². The van der Waals surface area contributed by atoms with Gasteiger partial charge in [0.25, 0.3) is 0 Å². The Balaban J connectivity index is 1.52. The quantitative estimate of drug-likeness (QED) is 0.321. The number of pyridine rings is 1. The summed E-state index contributed by atoms with van der Waals surface area (Å²) in [5.41, 5.74) is 4.30. The molecule has 2 N–H and O–H groups in total. The number of benzene rings is 1. The molecule has 3 aromatic heterocycles. The molecule has 10 nitrogen and oxygen atoms in total. The molecule has 0 saturated carbocycles. The van der Waals surface area contributed by atoms with Gasteiger partial charge in [-0.25, -0.2) is 14.5 Å². The molecule has 1 aromatic carbocycles. The summed E-state index contributed by atoms with van der Waals surface area (Å²) in [6, 6.07) is 9.94. The van der Waals surface area contributed by atoms with Gasteiger partial charge in [-0.3, -0.25) is 4.79 Å². The number of hydrogen-bond acceptors (Lipinski definition) is 8. The summed E-state index contributed by atoms with van der Waals surface area (Å²) in [5.74, 6) is 0.602. The van der Waals surface area contributed by atoms with Gasteiger partial charge in [0, 0.05) is 37.0 Å². The minimum atomic E-state index is -0.302. The Hall–Kier alpha value is -4.15. The third kappa shape index (κ3) is 5.00. The van der Waals surface area contributed by atoms with E-state index in [1.54, 1.807) is 24.0 Å². The summed E-state index contributed by atoms with van der Waals surface area (Å²) in [7, 11) is 5.76. The largest absolute Gasteiger partial charge is 0.494 e. The standard InChI is InChI=1S/C27H29ClN8O2/c1-5-25(37)31-20-12-21(24(38-4)13-23(20)35-11-9-17(16-35)34(2)3)32-27-29-15-19(28)26(33-27)18-14-30-36-10-7-6-8-22(18)36/h5-8,10,12-15,17H,1,9,11,16H2,2-4H3,(H,31,37)(H,29,32,33)/t17-/m1/s1. The Morgan fingerprint density at radius 1 is 1.26 bits per heavy atom.